The Labute approximate surface area is 190 Å². The Morgan fingerprint density at radius 2 is 2.09 bits per heavy atom. The molecule has 3 rings (SSSR count). The molecule has 1 aromatic carbocycles. The summed E-state index contributed by atoms with van der Waals surface area (Å²) in [4.78, 5) is 38.9. The minimum Gasteiger partial charge on any atom is -0.507 e. The maximum absolute atomic E-state index is 13.0. The molecule has 170 valence electrons. The number of rotatable bonds is 9. The summed E-state index contributed by atoms with van der Waals surface area (Å²) in [6, 6.07) is 2.64. The van der Waals surface area contributed by atoms with Crippen LogP contribution in [0, 0.1) is 11.8 Å². The molecule has 0 spiro atoms. The number of carbonyl (C=O) groups is 3. The Morgan fingerprint density at radius 3 is 2.75 bits per heavy atom. The average molecular weight is 461 g/mol. The van der Waals surface area contributed by atoms with Crippen LogP contribution in [0.3, 0.4) is 0 Å². The first-order valence-electron chi connectivity index (χ1n) is 9.94. The molecule has 1 aromatic rings. The zero-order valence-corrected chi connectivity index (χ0v) is 18.5. The van der Waals surface area contributed by atoms with Gasteiger partial charge in [-0.2, -0.15) is 0 Å². The van der Waals surface area contributed by atoms with Crippen molar-refractivity contribution >= 4 is 34.7 Å². The number of fused-ring (bicyclic) bond motifs is 1. The molecule has 0 saturated carbocycles. The molecule has 10 heteroatoms. The predicted octanol–water partition coefficient (Wildman–Crippen LogP) is 1.38. The van der Waals surface area contributed by atoms with Crippen LogP contribution in [0.2, 0.25) is 0 Å². The number of Topliss-reactive ketones (excluding diaryl/α,β-unsaturated/α-hetero) is 2. The number of ketones is 2. The Balaban J connectivity index is 1.71. The number of phenolic OH excluding ortho intramolecular Hbond substituents is 1. The van der Waals surface area contributed by atoms with Crippen molar-refractivity contribution in [3.63, 3.8) is 0 Å². The second-order valence-corrected chi connectivity index (χ2v) is 7.76. The van der Waals surface area contributed by atoms with E-state index in [9.17, 15) is 19.5 Å². The Morgan fingerprint density at radius 1 is 1.34 bits per heavy atom. The molecule has 2 atom stereocenters. The van der Waals surface area contributed by atoms with Crippen LogP contribution < -0.4 is 15.2 Å². The molecule has 0 amide bonds. The van der Waals surface area contributed by atoms with Gasteiger partial charge in [0.25, 0.3) is 0 Å². The number of carbonyl (C=O) groups excluding carboxylic acids is 3. The van der Waals surface area contributed by atoms with Crippen LogP contribution in [-0.4, -0.2) is 65.9 Å². The van der Waals surface area contributed by atoms with Crippen molar-refractivity contribution < 1.29 is 33.7 Å². The molecule has 3 N–H and O–H groups in total. The second kappa shape index (κ2) is 9.82. The number of methoxy groups -OCH3 is 1. The van der Waals surface area contributed by atoms with Crippen molar-refractivity contribution in [2.75, 3.05) is 33.4 Å². The van der Waals surface area contributed by atoms with Crippen LogP contribution >= 0.6 is 12.2 Å². The van der Waals surface area contributed by atoms with E-state index in [1.54, 1.807) is 30.2 Å². The summed E-state index contributed by atoms with van der Waals surface area (Å²) in [6.07, 6.45) is 5.21. The number of hydrogen-bond acceptors (Lipinski definition) is 9. The minimum absolute atomic E-state index is 0.0212. The fraction of sp³-hybridized carbons (Fsp3) is 0.364. The topological polar surface area (TPSA) is 128 Å². The van der Waals surface area contributed by atoms with E-state index in [2.05, 4.69) is 0 Å². The van der Waals surface area contributed by atoms with E-state index in [1.807, 2.05) is 0 Å². The lowest BCUT2D eigenvalue weighted by molar-refractivity contribution is -0.145. The van der Waals surface area contributed by atoms with E-state index in [1.165, 1.54) is 19.2 Å². The number of nitrogens with zero attached hydrogens (tertiary/aromatic N) is 1. The van der Waals surface area contributed by atoms with Crippen LogP contribution in [0.25, 0.3) is 0 Å². The van der Waals surface area contributed by atoms with Crippen LogP contribution in [0.15, 0.2) is 36.1 Å². The van der Waals surface area contributed by atoms with Crippen LogP contribution in [0.5, 0.6) is 17.2 Å². The van der Waals surface area contributed by atoms with Gasteiger partial charge in [0, 0.05) is 24.9 Å². The average Bonchev–Trinajstić information content (AvgIpc) is 3.15. The lowest BCUT2D eigenvalue weighted by atomic mass is 9.83. The molecule has 0 aromatic heterocycles. The van der Waals surface area contributed by atoms with Gasteiger partial charge in [0.1, 0.15) is 22.8 Å². The van der Waals surface area contributed by atoms with Crippen molar-refractivity contribution in [2.45, 2.75) is 6.92 Å². The summed E-state index contributed by atoms with van der Waals surface area (Å²) in [7, 11) is 1.35. The molecule has 1 aliphatic carbocycles. The number of esters is 1. The van der Waals surface area contributed by atoms with Crippen molar-refractivity contribution in [2.24, 2.45) is 17.6 Å². The smallest absolute Gasteiger partial charge is 0.344 e. The van der Waals surface area contributed by atoms with Crippen molar-refractivity contribution in [3.8, 4) is 17.2 Å². The Kier molecular flexibility index (Phi) is 7.14. The van der Waals surface area contributed by atoms with Crippen LogP contribution in [0.1, 0.15) is 17.3 Å². The van der Waals surface area contributed by atoms with Gasteiger partial charge in [-0.05, 0) is 12.5 Å². The van der Waals surface area contributed by atoms with Gasteiger partial charge < -0.3 is 30.0 Å². The van der Waals surface area contributed by atoms with Gasteiger partial charge in [-0.15, -0.1) is 0 Å². The number of nitrogens with two attached hydrogens (primary N) is 1. The molecule has 0 radical (unpaired) electrons. The van der Waals surface area contributed by atoms with E-state index in [-0.39, 0.29) is 53.3 Å². The maximum atomic E-state index is 13.0. The molecule has 0 saturated heterocycles. The Bertz CT molecular complexity index is 1020. The van der Waals surface area contributed by atoms with Gasteiger partial charge in [0.2, 0.25) is 0 Å². The summed E-state index contributed by atoms with van der Waals surface area (Å²) >= 11 is 4.96. The highest BCUT2D eigenvalue weighted by Gasteiger charge is 2.37. The molecule has 2 unspecified atom stereocenters. The quantitative estimate of drug-likeness (QED) is 0.317. The van der Waals surface area contributed by atoms with E-state index >= 15 is 0 Å². The number of ether oxygens (including phenoxy) is 3. The molecular formula is C22H24N2O7S. The lowest BCUT2D eigenvalue weighted by Crippen LogP contribution is -2.37. The standard InChI is InChI=1S/C22H24N2O7S/c1-3-30-19(27)11-31-13-6-16(25)20(18(7-13)29-2)17(26)10-24-8-12-4-5-14(22(23)32)21(28)15(12)9-24/h4-8,14-15,25H,3,9-11H2,1-2H3,(H2,23,32). The maximum Gasteiger partial charge on any atom is 0.344 e. The van der Waals surface area contributed by atoms with Crippen molar-refractivity contribution in [1.29, 1.82) is 0 Å². The third-order valence-corrected chi connectivity index (χ3v) is 5.40. The third kappa shape index (κ3) is 4.91. The largest absolute Gasteiger partial charge is 0.507 e. The van der Waals surface area contributed by atoms with Gasteiger partial charge in [-0.1, -0.05) is 24.4 Å². The molecule has 1 heterocycles. The van der Waals surface area contributed by atoms with Gasteiger partial charge >= 0.3 is 5.97 Å². The van der Waals surface area contributed by atoms with E-state index in [0.29, 0.717) is 6.54 Å². The first-order chi connectivity index (χ1) is 15.2. The van der Waals surface area contributed by atoms with Gasteiger partial charge in [0.05, 0.1) is 37.1 Å². The number of thiocarbonyl (C=S) groups is 1. The third-order valence-electron chi connectivity index (χ3n) is 5.15. The van der Waals surface area contributed by atoms with Crippen LogP contribution in [0.4, 0.5) is 0 Å². The second-order valence-electron chi connectivity index (χ2n) is 7.29. The number of hydrogen-bond donors (Lipinski definition) is 2. The zero-order valence-electron chi connectivity index (χ0n) is 17.7. The van der Waals surface area contributed by atoms with Crippen molar-refractivity contribution in [1.82, 2.24) is 4.90 Å². The summed E-state index contributed by atoms with van der Waals surface area (Å²) in [5, 5.41) is 10.4. The summed E-state index contributed by atoms with van der Waals surface area (Å²) in [6.45, 7) is 1.79. The fourth-order valence-electron chi connectivity index (χ4n) is 3.68. The van der Waals surface area contributed by atoms with E-state index < -0.39 is 23.6 Å². The molecule has 1 aliphatic heterocycles. The summed E-state index contributed by atoms with van der Waals surface area (Å²) < 4.78 is 15.3. The fourth-order valence-corrected chi connectivity index (χ4v) is 3.87. The lowest BCUT2D eigenvalue weighted by Gasteiger charge is -2.22. The SMILES string of the molecule is CCOC(=O)COc1cc(O)c(C(=O)CN2C=C3C=CC(C(N)=S)C(=O)C3C2)c(OC)c1. The zero-order chi connectivity index (χ0) is 23.4. The van der Waals surface area contributed by atoms with E-state index in [4.69, 9.17) is 32.2 Å². The monoisotopic (exact) mass is 460 g/mol. The van der Waals surface area contributed by atoms with Crippen LogP contribution in [-0.2, 0) is 14.3 Å². The highest BCUT2D eigenvalue weighted by molar-refractivity contribution is 7.80. The normalized spacial score (nSPS) is 19.2. The molecule has 0 bridgehead atoms. The highest BCUT2D eigenvalue weighted by Crippen LogP contribution is 2.35. The first-order valence-corrected chi connectivity index (χ1v) is 10.4. The Hall–Kier alpha value is -3.40. The summed E-state index contributed by atoms with van der Waals surface area (Å²) in [5.74, 6) is -2.17. The van der Waals surface area contributed by atoms with Crippen molar-refractivity contribution in [3.05, 3.63) is 41.6 Å². The number of allylic oxidation sites excluding steroid dienone is 1. The van der Waals surface area contributed by atoms with E-state index in [0.717, 1.165) is 5.57 Å². The van der Waals surface area contributed by atoms with Gasteiger partial charge in [0.15, 0.2) is 18.2 Å². The first kappa shape index (κ1) is 23.3. The van der Waals surface area contributed by atoms with Gasteiger partial charge in [-0.3, -0.25) is 9.59 Å². The molecule has 2 aliphatic rings. The molecule has 0 fully saturated rings. The predicted molar refractivity (Wildman–Crippen MR) is 119 cm³/mol. The summed E-state index contributed by atoms with van der Waals surface area (Å²) in [5.41, 5.74) is 6.41. The number of benzene rings is 1. The number of aromatic hydroxyl groups is 1. The number of phenols is 1. The molecule has 32 heavy (non-hydrogen) atoms. The molecular weight excluding hydrogens is 436 g/mol. The molecule has 9 nitrogen and oxygen atoms in total. The van der Waals surface area contributed by atoms with Gasteiger partial charge in [-0.25, -0.2) is 4.79 Å². The highest BCUT2D eigenvalue weighted by atomic mass is 32.1. The minimum atomic E-state index is -0.603.